The summed E-state index contributed by atoms with van der Waals surface area (Å²) in [6.07, 6.45) is 4.91. The first-order valence-electron chi connectivity index (χ1n) is 6.95. The lowest BCUT2D eigenvalue weighted by molar-refractivity contribution is 0.638. The van der Waals surface area contributed by atoms with Crippen molar-refractivity contribution in [2.75, 3.05) is 17.7 Å². The van der Waals surface area contributed by atoms with E-state index in [1.165, 1.54) is 19.3 Å². The second kappa shape index (κ2) is 5.55. The number of aryl methyl sites for hydroxylation is 1. The molecule has 1 aliphatic carbocycles. The van der Waals surface area contributed by atoms with E-state index in [9.17, 15) is 0 Å². The Labute approximate surface area is 110 Å². The first kappa shape index (κ1) is 13.1. The quantitative estimate of drug-likeness (QED) is 0.812. The zero-order chi connectivity index (χ0) is 13.1. The number of nitrogens with one attached hydrogen (secondary N) is 2. The zero-order valence-corrected chi connectivity index (χ0v) is 11.9. The normalized spacial score (nSPS) is 16.4. The number of anilines is 2. The largest absolute Gasteiger partial charge is 0.373 e. The van der Waals surface area contributed by atoms with Crippen LogP contribution in [0.15, 0.2) is 0 Å². The lowest BCUT2D eigenvalue weighted by Gasteiger charge is -2.18. The van der Waals surface area contributed by atoms with Gasteiger partial charge in [0, 0.05) is 25.1 Å². The molecule has 1 saturated carbocycles. The van der Waals surface area contributed by atoms with Gasteiger partial charge in [-0.3, -0.25) is 0 Å². The third-order valence-corrected chi connectivity index (χ3v) is 3.51. The van der Waals surface area contributed by atoms with Gasteiger partial charge in [0.2, 0.25) is 0 Å². The van der Waals surface area contributed by atoms with Crippen molar-refractivity contribution in [3.8, 4) is 0 Å². The van der Waals surface area contributed by atoms with Crippen LogP contribution in [0, 0.1) is 12.8 Å². The second-order valence-electron chi connectivity index (χ2n) is 5.29. The fourth-order valence-corrected chi connectivity index (χ4v) is 2.25. The smallest absolute Gasteiger partial charge is 0.134 e. The molecular formula is C14H24N4. The topological polar surface area (TPSA) is 49.8 Å². The fourth-order valence-electron chi connectivity index (χ4n) is 2.25. The molecule has 0 aromatic carbocycles. The maximum atomic E-state index is 4.60. The van der Waals surface area contributed by atoms with Crippen molar-refractivity contribution < 1.29 is 0 Å². The van der Waals surface area contributed by atoms with Crippen LogP contribution >= 0.6 is 0 Å². The Kier molecular flexibility index (Phi) is 4.04. The van der Waals surface area contributed by atoms with E-state index in [0.29, 0.717) is 6.04 Å². The van der Waals surface area contributed by atoms with E-state index in [2.05, 4.69) is 41.4 Å². The van der Waals surface area contributed by atoms with Crippen molar-refractivity contribution in [1.82, 2.24) is 9.97 Å². The summed E-state index contributed by atoms with van der Waals surface area (Å²) in [7, 11) is 1.91. The Hall–Kier alpha value is -1.32. The van der Waals surface area contributed by atoms with Gasteiger partial charge in [-0.05, 0) is 26.2 Å². The molecule has 1 fully saturated rings. The van der Waals surface area contributed by atoms with Crippen LogP contribution in [-0.4, -0.2) is 23.1 Å². The van der Waals surface area contributed by atoms with Crippen molar-refractivity contribution >= 4 is 11.6 Å². The molecule has 1 aliphatic rings. The summed E-state index contributed by atoms with van der Waals surface area (Å²) in [4.78, 5) is 9.09. The van der Waals surface area contributed by atoms with Crippen molar-refractivity contribution in [1.29, 1.82) is 0 Å². The van der Waals surface area contributed by atoms with E-state index in [1.807, 2.05) is 7.05 Å². The SMILES string of the molecule is CCc1nc(NC)c(C)c(NC(C)CC2CC2)n1. The Morgan fingerprint density at radius 1 is 1.28 bits per heavy atom. The van der Waals surface area contributed by atoms with E-state index in [0.717, 1.165) is 35.4 Å². The van der Waals surface area contributed by atoms with Gasteiger partial charge in [0.25, 0.3) is 0 Å². The second-order valence-corrected chi connectivity index (χ2v) is 5.29. The summed E-state index contributed by atoms with van der Waals surface area (Å²) in [5.74, 6) is 3.75. The van der Waals surface area contributed by atoms with Crippen molar-refractivity contribution in [2.45, 2.75) is 52.5 Å². The predicted octanol–water partition coefficient (Wildman–Crippen LogP) is 2.99. The molecule has 1 atom stereocenters. The highest BCUT2D eigenvalue weighted by Crippen LogP contribution is 2.34. The molecule has 1 heterocycles. The highest BCUT2D eigenvalue weighted by Gasteiger charge is 2.24. The van der Waals surface area contributed by atoms with Crippen LogP contribution in [0.1, 0.15) is 44.5 Å². The minimum absolute atomic E-state index is 0.487. The molecular weight excluding hydrogens is 224 g/mol. The van der Waals surface area contributed by atoms with Crippen molar-refractivity contribution in [2.24, 2.45) is 5.92 Å². The summed E-state index contributed by atoms with van der Waals surface area (Å²) < 4.78 is 0. The minimum atomic E-state index is 0.487. The molecule has 4 heteroatoms. The monoisotopic (exact) mass is 248 g/mol. The molecule has 0 saturated heterocycles. The van der Waals surface area contributed by atoms with Crippen LogP contribution in [-0.2, 0) is 6.42 Å². The molecule has 0 amide bonds. The third-order valence-electron chi connectivity index (χ3n) is 3.51. The van der Waals surface area contributed by atoms with E-state index in [1.54, 1.807) is 0 Å². The molecule has 2 rings (SSSR count). The van der Waals surface area contributed by atoms with Gasteiger partial charge in [-0.25, -0.2) is 9.97 Å². The zero-order valence-electron chi connectivity index (χ0n) is 11.9. The number of nitrogens with zero attached hydrogens (tertiary/aromatic N) is 2. The van der Waals surface area contributed by atoms with Crippen molar-refractivity contribution in [3.63, 3.8) is 0 Å². The lowest BCUT2D eigenvalue weighted by atomic mass is 10.1. The predicted molar refractivity (Wildman–Crippen MR) is 76.1 cm³/mol. The molecule has 18 heavy (non-hydrogen) atoms. The average molecular weight is 248 g/mol. The van der Waals surface area contributed by atoms with Crippen LogP contribution in [0.2, 0.25) is 0 Å². The Bertz CT molecular complexity index is 413. The van der Waals surface area contributed by atoms with Crippen molar-refractivity contribution in [3.05, 3.63) is 11.4 Å². The first-order chi connectivity index (χ1) is 8.63. The molecule has 100 valence electrons. The van der Waals surface area contributed by atoms with E-state index >= 15 is 0 Å². The van der Waals surface area contributed by atoms with Gasteiger partial charge < -0.3 is 10.6 Å². The molecule has 0 radical (unpaired) electrons. The van der Waals surface area contributed by atoms with Crippen LogP contribution in [0.3, 0.4) is 0 Å². The number of rotatable bonds is 6. The van der Waals surface area contributed by atoms with Gasteiger partial charge in [0.1, 0.15) is 17.5 Å². The summed E-state index contributed by atoms with van der Waals surface area (Å²) in [5, 5.41) is 6.69. The van der Waals surface area contributed by atoms with Gasteiger partial charge in [0.15, 0.2) is 0 Å². The lowest BCUT2D eigenvalue weighted by Crippen LogP contribution is -2.19. The van der Waals surface area contributed by atoms with E-state index in [4.69, 9.17) is 0 Å². The molecule has 4 nitrogen and oxygen atoms in total. The number of aromatic nitrogens is 2. The maximum Gasteiger partial charge on any atom is 0.134 e. The Morgan fingerprint density at radius 3 is 2.50 bits per heavy atom. The minimum Gasteiger partial charge on any atom is -0.373 e. The first-order valence-corrected chi connectivity index (χ1v) is 6.95. The summed E-state index contributed by atoms with van der Waals surface area (Å²) in [6, 6.07) is 0.487. The third kappa shape index (κ3) is 3.12. The Morgan fingerprint density at radius 2 is 1.94 bits per heavy atom. The van der Waals surface area contributed by atoms with Crippen LogP contribution < -0.4 is 10.6 Å². The molecule has 1 aromatic heterocycles. The fraction of sp³-hybridized carbons (Fsp3) is 0.714. The average Bonchev–Trinajstić information content (AvgIpc) is 3.15. The molecule has 0 spiro atoms. The van der Waals surface area contributed by atoms with Gasteiger partial charge in [-0.2, -0.15) is 0 Å². The van der Waals surface area contributed by atoms with Gasteiger partial charge >= 0.3 is 0 Å². The highest BCUT2D eigenvalue weighted by molar-refractivity contribution is 5.57. The molecule has 0 bridgehead atoms. The number of hydrogen-bond donors (Lipinski definition) is 2. The van der Waals surface area contributed by atoms with Crippen LogP contribution in [0.25, 0.3) is 0 Å². The molecule has 0 aliphatic heterocycles. The summed E-state index contributed by atoms with van der Waals surface area (Å²) in [6.45, 7) is 6.39. The van der Waals surface area contributed by atoms with Gasteiger partial charge in [-0.15, -0.1) is 0 Å². The van der Waals surface area contributed by atoms with Crippen LogP contribution in [0.5, 0.6) is 0 Å². The van der Waals surface area contributed by atoms with E-state index in [-0.39, 0.29) is 0 Å². The Balaban J connectivity index is 2.13. The highest BCUT2D eigenvalue weighted by atomic mass is 15.1. The van der Waals surface area contributed by atoms with Gasteiger partial charge in [-0.1, -0.05) is 19.8 Å². The maximum absolute atomic E-state index is 4.60. The summed E-state index contributed by atoms with van der Waals surface area (Å²) in [5.41, 5.74) is 1.11. The molecule has 1 unspecified atom stereocenters. The standard InChI is InChI=1S/C14H24N4/c1-5-12-17-13(15-4)10(3)14(18-12)16-9(2)8-11-6-7-11/h9,11H,5-8H2,1-4H3,(H2,15,16,17,18). The van der Waals surface area contributed by atoms with Gasteiger partial charge in [0.05, 0.1) is 0 Å². The van der Waals surface area contributed by atoms with Crippen LogP contribution in [0.4, 0.5) is 11.6 Å². The number of hydrogen-bond acceptors (Lipinski definition) is 4. The molecule has 2 N–H and O–H groups in total. The molecule has 1 aromatic rings. The summed E-state index contributed by atoms with van der Waals surface area (Å²) >= 11 is 0. The van der Waals surface area contributed by atoms with E-state index < -0.39 is 0 Å².